The molecule has 0 spiro atoms. The number of hydrogen-bond donors (Lipinski definition) is 2. The Morgan fingerprint density at radius 2 is 1.16 bits per heavy atom. The topological polar surface area (TPSA) is 76.7 Å². The van der Waals surface area contributed by atoms with Gasteiger partial charge >= 0.3 is 0 Å². The summed E-state index contributed by atoms with van der Waals surface area (Å²) in [6, 6.07) is 10.7. The fraction of sp³-hybridized carbons (Fsp3) is 0.417. The van der Waals surface area contributed by atoms with Gasteiger partial charge in [0.15, 0.2) is 0 Å². The van der Waals surface area contributed by atoms with Crippen molar-refractivity contribution in [1.29, 1.82) is 0 Å². The fourth-order valence-electron chi connectivity index (χ4n) is 4.00. The minimum atomic E-state index is -0.0892. The zero-order valence-electron chi connectivity index (χ0n) is 18.3. The predicted octanol–water partition coefficient (Wildman–Crippen LogP) is 4.75. The highest BCUT2D eigenvalue weighted by Gasteiger charge is 2.30. The van der Waals surface area contributed by atoms with E-state index in [9.17, 15) is 9.59 Å². The van der Waals surface area contributed by atoms with Gasteiger partial charge in [0.05, 0.1) is 14.2 Å². The van der Waals surface area contributed by atoms with Gasteiger partial charge in [0.1, 0.15) is 11.5 Å². The molecule has 0 radical (unpaired) electrons. The van der Waals surface area contributed by atoms with E-state index < -0.39 is 0 Å². The summed E-state index contributed by atoms with van der Waals surface area (Å²) >= 11 is 12.0. The number of carbonyl (C=O) groups excluding carboxylic acids is 2. The molecular formula is C24H28Cl2N2O4. The van der Waals surface area contributed by atoms with Crippen LogP contribution in [0.25, 0.3) is 0 Å². The normalized spacial score (nSPS) is 18.0. The number of halogens is 2. The molecule has 1 fully saturated rings. The van der Waals surface area contributed by atoms with Gasteiger partial charge in [0, 0.05) is 46.1 Å². The molecule has 0 atom stereocenters. The summed E-state index contributed by atoms with van der Waals surface area (Å²) < 4.78 is 10.7. The summed E-state index contributed by atoms with van der Waals surface area (Å²) in [6.45, 7) is 0.755. The maximum Gasteiger partial charge on any atom is 0.223 e. The van der Waals surface area contributed by atoms with Gasteiger partial charge in [-0.15, -0.1) is 0 Å². The minimum absolute atomic E-state index is 0.00626. The van der Waals surface area contributed by atoms with Crippen LogP contribution in [0.15, 0.2) is 36.4 Å². The minimum Gasteiger partial charge on any atom is -0.496 e. The number of methoxy groups -OCH3 is 2. The van der Waals surface area contributed by atoms with E-state index in [-0.39, 0.29) is 23.7 Å². The third-order valence-electron chi connectivity index (χ3n) is 5.87. The number of carbonyl (C=O) groups is 2. The van der Waals surface area contributed by atoms with Crippen LogP contribution in [0.1, 0.15) is 36.8 Å². The molecule has 2 aromatic rings. The Bertz CT molecular complexity index is 882. The van der Waals surface area contributed by atoms with Crippen LogP contribution in [0.4, 0.5) is 0 Å². The van der Waals surface area contributed by atoms with Crippen molar-refractivity contribution >= 4 is 35.0 Å². The predicted molar refractivity (Wildman–Crippen MR) is 125 cm³/mol. The lowest BCUT2D eigenvalue weighted by Crippen LogP contribution is -2.37. The van der Waals surface area contributed by atoms with E-state index in [2.05, 4.69) is 10.6 Å². The SMILES string of the molecule is COc1cc(Cl)ccc1CNC(=O)C1CCC(C(=O)NCc2ccc(Cl)cc2OC)CC1. The number of amides is 2. The quantitative estimate of drug-likeness (QED) is 0.573. The van der Waals surface area contributed by atoms with E-state index in [1.165, 1.54) is 0 Å². The molecule has 6 nitrogen and oxygen atoms in total. The maximum absolute atomic E-state index is 12.6. The van der Waals surface area contributed by atoms with Gasteiger partial charge < -0.3 is 20.1 Å². The lowest BCUT2D eigenvalue weighted by Gasteiger charge is -2.27. The van der Waals surface area contributed by atoms with Crippen molar-refractivity contribution in [2.75, 3.05) is 14.2 Å². The molecule has 2 aromatic carbocycles. The molecule has 8 heteroatoms. The zero-order chi connectivity index (χ0) is 23.1. The first-order chi connectivity index (χ1) is 15.4. The van der Waals surface area contributed by atoms with Gasteiger partial charge in [0.2, 0.25) is 11.8 Å². The first kappa shape index (κ1) is 24.2. The molecule has 0 bridgehead atoms. The molecule has 0 saturated heterocycles. The Kier molecular flexibility index (Phi) is 8.65. The van der Waals surface area contributed by atoms with Crippen LogP contribution in [0.5, 0.6) is 11.5 Å². The molecule has 2 N–H and O–H groups in total. The molecule has 0 heterocycles. The third kappa shape index (κ3) is 6.30. The summed E-state index contributed by atoms with van der Waals surface area (Å²) in [5.41, 5.74) is 1.74. The average Bonchev–Trinajstić information content (AvgIpc) is 2.81. The van der Waals surface area contributed by atoms with Crippen molar-refractivity contribution in [2.24, 2.45) is 11.8 Å². The van der Waals surface area contributed by atoms with Crippen molar-refractivity contribution in [1.82, 2.24) is 10.6 Å². The molecule has 2 amide bonds. The largest absolute Gasteiger partial charge is 0.496 e. The summed E-state index contributed by atoms with van der Waals surface area (Å²) in [5, 5.41) is 7.14. The van der Waals surface area contributed by atoms with E-state index in [1.54, 1.807) is 38.5 Å². The van der Waals surface area contributed by atoms with Gasteiger partial charge in [-0.2, -0.15) is 0 Å². The van der Waals surface area contributed by atoms with E-state index >= 15 is 0 Å². The number of nitrogens with one attached hydrogen (secondary N) is 2. The van der Waals surface area contributed by atoms with Gasteiger partial charge in [-0.3, -0.25) is 9.59 Å². The zero-order valence-corrected chi connectivity index (χ0v) is 19.8. The standard InChI is InChI=1S/C24H28Cl2N2O4/c1-31-21-11-19(25)9-7-17(21)13-27-23(29)15-3-5-16(6-4-15)24(30)28-14-18-8-10-20(26)12-22(18)32-2/h7-12,15-16H,3-6,13-14H2,1-2H3,(H,27,29)(H,28,30). The smallest absolute Gasteiger partial charge is 0.223 e. The average molecular weight is 479 g/mol. The Balaban J connectivity index is 1.45. The second kappa shape index (κ2) is 11.4. The van der Waals surface area contributed by atoms with Gasteiger partial charge in [0.25, 0.3) is 0 Å². The fourth-order valence-corrected chi connectivity index (χ4v) is 4.32. The molecule has 32 heavy (non-hydrogen) atoms. The highest BCUT2D eigenvalue weighted by atomic mass is 35.5. The molecule has 172 valence electrons. The van der Waals surface area contributed by atoms with Crippen molar-refractivity contribution < 1.29 is 19.1 Å². The Morgan fingerprint density at radius 1 is 0.781 bits per heavy atom. The summed E-state index contributed by atoms with van der Waals surface area (Å²) in [7, 11) is 3.15. The summed E-state index contributed by atoms with van der Waals surface area (Å²) in [4.78, 5) is 25.2. The Hall–Kier alpha value is -2.44. The van der Waals surface area contributed by atoms with Crippen molar-refractivity contribution in [3.8, 4) is 11.5 Å². The first-order valence-electron chi connectivity index (χ1n) is 10.6. The molecule has 1 aliphatic rings. The number of ether oxygens (including phenoxy) is 2. The molecule has 0 unspecified atom stereocenters. The highest BCUT2D eigenvalue weighted by molar-refractivity contribution is 6.31. The van der Waals surface area contributed by atoms with Crippen molar-refractivity contribution in [3.05, 3.63) is 57.6 Å². The number of rotatable bonds is 8. The van der Waals surface area contributed by atoms with Crippen molar-refractivity contribution in [3.63, 3.8) is 0 Å². The van der Waals surface area contributed by atoms with Crippen LogP contribution in [0, 0.1) is 11.8 Å². The van der Waals surface area contributed by atoms with Crippen LogP contribution in [-0.2, 0) is 22.7 Å². The second-order valence-corrected chi connectivity index (χ2v) is 8.77. The van der Waals surface area contributed by atoms with Crippen LogP contribution >= 0.6 is 23.2 Å². The van der Waals surface area contributed by atoms with Crippen LogP contribution < -0.4 is 20.1 Å². The highest BCUT2D eigenvalue weighted by Crippen LogP contribution is 2.30. The molecule has 0 aliphatic heterocycles. The van der Waals surface area contributed by atoms with Crippen LogP contribution in [0.2, 0.25) is 10.0 Å². The van der Waals surface area contributed by atoms with E-state index in [0.29, 0.717) is 60.3 Å². The third-order valence-corrected chi connectivity index (χ3v) is 6.34. The lowest BCUT2D eigenvalue weighted by molar-refractivity contribution is -0.130. The Morgan fingerprint density at radius 3 is 1.50 bits per heavy atom. The van der Waals surface area contributed by atoms with Gasteiger partial charge in [-0.1, -0.05) is 35.3 Å². The molecule has 0 aromatic heterocycles. The van der Waals surface area contributed by atoms with E-state index in [1.807, 2.05) is 12.1 Å². The lowest BCUT2D eigenvalue weighted by atomic mass is 9.81. The summed E-state index contributed by atoms with van der Waals surface area (Å²) in [6.07, 6.45) is 2.75. The van der Waals surface area contributed by atoms with Crippen LogP contribution in [0.3, 0.4) is 0 Å². The van der Waals surface area contributed by atoms with Gasteiger partial charge in [-0.05, 0) is 49.9 Å². The molecule has 1 saturated carbocycles. The monoisotopic (exact) mass is 478 g/mol. The van der Waals surface area contributed by atoms with Crippen molar-refractivity contribution in [2.45, 2.75) is 38.8 Å². The van der Waals surface area contributed by atoms with E-state index in [4.69, 9.17) is 32.7 Å². The molecular weight excluding hydrogens is 451 g/mol. The maximum atomic E-state index is 12.6. The Labute approximate surface area is 198 Å². The van der Waals surface area contributed by atoms with Gasteiger partial charge in [-0.25, -0.2) is 0 Å². The molecule has 1 aliphatic carbocycles. The molecule has 3 rings (SSSR count). The number of benzene rings is 2. The summed E-state index contributed by atoms with van der Waals surface area (Å²) in [5.74, 6) is 1.13. The number of hydrogen-bond acceptors (Lipinski definition) is 4. The van der Waals surface area contributed by atoms with E-state index in [0.717, 1.165) is 11.1 Å². The van der Waals surface area contributed by atoms with Crippen LogP contribution in [-0.4, -0.2) is 26.0 Å². The first-order valence-corrected chi connectivity index (χ1v) is 11.4. The second-order valence-electron chi connectivity index (χ2n) is 7.90.